The van der Waals surface area contributed by atoms with Crippen LogP contribution in [0.4, 0.5) is 10.5 Å². The van der Waals surface area contributed by atoms with Gasteiger partial charge in [-0.05, 0) is 63.0 Å². The van der Waals surface area contributed by atoms with Gasteiger partial charge >= 0.3 is 6.03 Å². The van der Waals surface area contributed by atoms with Gasteiger partial charge in [0.25, 0.3) is 5.56 Å². The molecule has 0 aliphatic rings. The minimum Gasteiger partial charge on any atom is -0.338 e. The summed E-state index contributed by atoms with van der Waals surface area (Å²) in [6.45, 7) is 1.49. The number of nitrogens with zero attached hydrogens (tertiary/aromatic N) is 3. The van der Waals surface area contributed by atoms with Crippen molar-refractivity contribution in [2.45, 2.75) is 17.3 Å². The number of benzene rings is 2. The maximum absolute atomic E-state index is 12.8. The molecule has 2 amide bonds. The molecule has 164 valence electrons. The van der Waals surface area contributed by atoms with E-state index in [1.54, 1.807) is 29.8 Å². The number of anilines is 1. The van der Waals surface area contributed by atoms with Crippen molar-refractivity contribution in [3.8, 4) is 0 Å². The quantitative estimate of drug-likeness (QED) is 0.303. The Morgan fingerprint density at radius 1 is 1.19 bits per heavy atom. The van der Waals surface area contributed by atoms with E-state index in [0.717, 1.165) is 18.5 Å². The van der Waals surface area contributed by atoms with Crippen molar-refractivity contribution in [3.63, 3.8) is 0 Å². The predicted molar refractivity (Wildman–Crippen MR) is 128 cm³/mol. The smallest absolute Gasteiger partial charge is 0.319 e. The molecule has 31 heavy (non-hydrogen) atoms. The summed E-state index contributed by atoms with van der Waals surface area (Å²) in [5.41, 5.74) is 2.10. The van der Waals surface area contributed by atoms with Crippen LogP contribution in [-0.2, 0) is 12.8 Å². The van der Waals surface area contributed by atoms with Crippen molar-refractivity contribution in [1.82, 2.24) is 19.8 Å². The molecule has 0 saturated heterocycles. The summed E-state index contributed by atoms with van der Waals surface area (Å²) < 4.78 is 1.55. The predicted octanol–water partition coefficient (Wildman–Crippen LogP) is 3.95. The summed E-state index contributed by atoms with van der Waals surface area (Å²) in [5, 5.41) is 7.44. The molecule has 1 aromatic heterocycles. The molecule has 0 saturated carbocycles. The van der Waals surface area contributed by atoms with Gasteiger partial charge in [-0.25, -0.2) is 9.78 Å². The Labute approximate surface area is 190 Å². The van der Waals surface area contributed by atoms with Crippen molar-refractivity contribution < 1.29 is 4.79 Å². The molecule has 0 unspecified atom stereocenters. The van der Waals surface area contributed by atoms with Gasteiger partial charge in [-0.1, -0.05) is 35.5 Å². The van der Waals surface area contributed by atoms with E-state index >= 15 is 0 Å². The number of aromatic nitrogens is 2. The first kappa shape index (κ1) is 23.1. The molecule has 3 aromatic rings. The van der Waals surface area contributed by atoms with E-state index in [9.17, 15) is 9.59 Å². The first-order valence-corrected chi connectivity index (χ1v) is 11.3. The molecule has 0 radical (unpaired) electrons. The van der Waals surface area contributed by atoms with Gasteiger partial charge in [0.15, 0.2) is 5.16 Å². The zero-order valence-electron chi connectivity index (χ0n) is 17.8. The highest BCUT2D eigenvalue weighted by molar-refractivity contribution is 7.98. The number of rotatable bonds is 8. The van der Waals surface area contributed by atoms with E-state index in [2.05, 4.69) is 20.5 Å². The number of amides is 2. The molecule has 2 N–H and O–H groups in total. The summed E-state index contributed by atoms with van der Waals surface area (Å²) in [5.74, 6) is 0.663. The van der Waals surface area contributed by atoms with Crippen molar-refractivity contribution >= 4 is 46.0 Å². The van der Waals surface area contributed by atoms with Gasteiger partial charge in [-0.2, -0.15) is 0 Å². The molecule has 0 aliphatic heterocycles. The third-order valence-electron chi connectivity index (χ3n) is 4.64. The van der Waals surface area contributed by atoms with Gasteiger partial charge in [0.05, 0.1) is 10.9 Å². The Hall–Kier alpha value is -2.55. The maximum Gasteiger partial charge on any atom is 0.319 e. The van der Waals surface area contributed by atoms with Gasteiger partial charge in [0, 0.05) is 30.1 Å². The molecule has 3 rings (SSSR count). The Balaban J connectivity index is 1.72. The highest BCUT2D eigenvalue weighted by Crippen LogP contribution is 2.23. The summed E-state index contributed by atoms with van der Waals surface area (Å²) in [6, 6.07) is 12.4. The molecular formula is C22H26ClN5O2S. The van der Waals surface area contributed by atoms with E-state index in [1.165, 1.54) is 11.8 Å². The van der Waals surface area contributed by atoms with Crippen LogP contribution in [0.2, 0.25) is 5.02 Å². The lowest BCUT2D eigenvalue weighted by atomic mass is 10.2. The molecule has 0 fully saturated rings. The standard InChI is InChI=1S/C22H26ClN5O2S/c1-27(2)12-4-11-24-21(30)25-17-9-10-18-19(13-17)26-22(28(3)20(18)29)31-14-15-5-7-16(23)8-6-15/h5-10,13H,4,11-12,14H2,1-3H3,(H2,24,25,30). The fraction of sp³-hybridized carbons (Fsp3) is 0.318. The van der Waals surface area contributed by atoms with Crippen LogP contribution in [0.3, 0.4) is 0 Å². The molecule has 9 heteroatoms. The summed E-state index contributed by atoms with van der Waals surface area (Å²) >= 11 is 7.41. The third kappa shape index (κ3) is 6.46. The highest BCUT2D eigenvalue weighted by atomic mass is 35.5. The number of urea groups is 1. The van der Waals surface area contributed by atoms with Gasteiger partial charge in [-0.3, -0.25) is 9.36 Å². The molecular weight excluding hydrogens is 434 g/mol. The number of hydrogen-bond acceptors (Lipinski definition) is 5. The number of carbonyl (C=O) groups excluding carboxylic acids is 1. The first-order chi connectivity index (χ1) is 14.8. The minimum atomic E-state index is -0.278. The lowest BCUT2D eigenvalue weighted by Gasteiger charge is -2.12. The van der Waals surface area contributed by atoms with Gasteiger partial charge in [-0.15, -0.1) is 0 Å². The second-order valence-electron chi connectivity index (χ2n) is 7.44. The molecule has 0 bridgehead atoms. The Kier molecular flexibility index (Phi) is 7.95. The van der Waals surface area contributed by atoms with E-state index in [4.69, 9.17) is 11.6 Å². The maximum atomic E-state index is 12.8. The van der Waals surface area contributed by atoms with Gasteiger partial charge in [0.1, 0.15) is 0 Å². The number of fused-ring (bicyclic) bond motifs is 1. The number of nitrogens with one attached hydrogen (secondary N) is 2. The van der Waals surface area contributed by atoms with Gasteiger partial charge < -0.3 is 15.5 Å². The highest BCUT2D eigenvalue weighted by Gasteiger charge is 2.11. The van der Waals surface area contributed by atoms with Crippen LogP contribution in [0.15, 0.2) is 52.4 Å². The van der Waals surface area contributed by atoms with Crippen molar-refractivity contribution in [3.05, 3.63) is 63.4 Å². The zero-order valence-corrected chi connectivity index (χ0v) is 19.4. The van der Waals surface area contributed by atoms with E-state index in [-0.39, 0.29) is 11.6 Å². The SMILES string of the molecule is CN(C)CCCNC(=O)Nc1ccc2c(=O)n(C)c(SCc3ccc(Cl)cc3)nc2c1. The molecule has 0 spiro atoms. The summed E-state index contributed by atoms with van der Waals surface area (Å²) in [4.78, 5) is 31.6. The molecule has 7 nitrogen and oxygen atoms in total. The van der Waals surface area contributed by atoms with Crippen LogP contribution in [0.25, 0.3) is 10.9 Å². The fourth-order valence-electron chi connectivity index (χ4n) is 2.96. The third-order valence-corrected chi connectivity index (χ3v) is 6.00. The number of hydrogen-bond donors (Lipinski definition) is 2. The van der Waals surface area contributed by atoms with Crippen LogP contribution < -0.4 is 16.2 Å². The van der Waals surface area contributed by atoms with Crippen LogP contribution in [0.1, 0.15) is 12.0 Å². The molecule has 2 aromatic carbocycles. The largest absolute Gasteiger partial charge is 0.338 e. The Morgan fingerprint density at radius 3 is 2.65 bits per heavy atom. The lowest BCUT2D eigenvalue weighted by molar-refractivity contribution is 0.251. The number of thioether (sulfide) groups is 1. The number of halogens is 1. The first-order valence-electron chi connectivity index (χ1n) is 9.91. The van der Waals surface area contributed by atoms with Crippen LogP contribution in [0.5, 0.6) is 0 Å². The summed E-state index contributed by atoms with van der Waals surface area (Å²) in [6.07, 6.45) is 0.865. The second-order valence-corrected chi connectivity index (χ2v) is 8.82. The van der Waals surface area contributed by atoms with Crippen molar-refractivity contribution in [2.75, 3.05) is 32.5 Å². The van der Waals surface area contributed by atoms with E-state index in [1.807, 2.05) is 38.4 Å². The van der Waals surface area contributed by atoms with Gasteiger partial charge in [0.2, 0.25) is 0 Å². The molecule has 1 heterocycles. The topological polar surface area (TPSA) is 79.3 Å². The van der Waals surface area contributed by atoms with E-state index < -0.39 is 0 Å². The van der Waals surface area contributed by atoms with Crippen molar-refractivity contribution in [2.24, 2.45) is 7.05 Å². The number of carbonyl (C=O) groups is 1. The minimum absolute atomic E-state index is 0.122. The summed E-state index contributed by atoms with van der Waals surface area (Å²) in [7, 11) is 5.70. The van der Waals surface area contributed by atoms with Crippen LogP contribution in [0, 0.1) is 0 Å². The van der Waals surface area contributed by atoms with Crippen molar-refractivity contribution in [1.29, 1.82) is 0 Å². The van der Waals surface area contributed by atoms with E-state index in [0.29, 0.717) is 39.1 Å². The Morgan fingerprint density at radius 2 is 1.94 bits per heavy atom. The lowest BCUT2D eigenvalue weighted by Crippen LogP contribution is -2.31. The van der Waals surface area contributed by atoms with Crippen LogP contribution >= 0.6 is 23.4 Å². The fourth-order valence-corrected chi connectivity index (χ4v) is 4.01. The monoisotopic (exact) mass is 459 g/mol. The average Bonchev–Trinajstić information content (AvgIpc) is 2.74. The molecule has 0 atom stereocenters. The zero-order chi connectivity index (χ0) is 22.4. The molecule has 0 aliphatic carbocycles. The average molecular weight is 460 g/mol. The Bertz CT molecular complexity index is 1120. The normalized spacial score (nSPS) is 11.1. The van der Waals surface area contributed by atoms with Crippen LogP contribution in [-0.4, -0.2) is 47.7 Å². The second kappa shape index (κ2) is 10.7.